The van der Waals surface area contributed by atoms with E-state index < -0.39 is 0 Å². The van der Waals surface area contributed by atoms with Gasteiger partial charge in [0, 0.05) is 17.3 Å². The number of ether oxygens (including phenoxy) is 1. The molecule has 0 aliphatic rings. The SMILES string of the molecule is CCN(CCOc1ccc(Cc2ccccc2)cc1)c1cccc(Cl)c1. The minimum Gasteiger partial charge on any atom is -0.492 e. The van der Waals surface area contributed by atoms with E-state index in [1.807, 2.05) is 36.4 Å². The second-order valence-electron chi connectivity index (χ2n) is 6.21. The van der Waals surface area contributed by atoms with E-state index in [-0.39, 0.29) is 0 Å². The highest BCUT2D eigenvalue weighted by Crippen LogP contribution is 2.20. The van der Waals surface area contributed by atoms with Crippen molar-refractivity contribution in [3.8, 4) is 5.75 Å². The number of benzene rings is 3. The first kappa shape index (κ1) is 18.3. The normalized spacial score (nSPS) is 10.5. The summed E-state index contributed by atoms with van der Waals surface area (Å²) in [5, 5.41) is 0.760. The van der Waals surface area contributed by atoms with Crippen LogP contribution >= 0.6 is 11.6 Å². The molecule has 3 aromatic rings. The predicted octanol–water partition coefficient (Wildman–Crippen LogP) is 5.84. The highest BCUT2D eigenvalue weighted by molar-refractivity contribution is 6.30. The van der Waals surface area contributed by atoms with Crippen LogP contribution in [0.15, 0.2) is 78.9 Å². The molecular formula is C23H24ClNO. The van der Waals surface area contributed by atoms with Crippen LogP contribution in [-0.2, 0) is 6.42 Å². The third kappa shape index (κ3) is 5.27. The maximum absolute atomic E-state index is 6.09. The minimum atomic E-state index is 0.637. The Labute approximate surface area is 161 Å². The fourth-order valence-electron chi connectivity index (χ4n) is 2.95. The number of hydrogen-bond donors (Lipinski definition) is 0. The molecule has 0 N–H and O–H groups in total. The van der Waals surface area contributed by atoms with Crippen LogP contribution in [-0.4, -0.2) is 19.7 Å². The van der Waals surface area contributed by atoms with Crippen LogP contribution in [0, 0.1) is 0 Å². The summed E-state index contributed by atoms with van der Waals surface area (Å²) in [6.07, 6.45) is 0.944. The Morgan fingerprint density at radius 1 is 0.846 bits per heavy atom. The Bertz CT molecular complexity index is 802. The summed E-state index contributed by atoms with van der Waals surface area (Å²) in [7, 11) is 0. The van der Waals surface area contributed by atoms with Gasteiger partial charge < -0.3 is 9.64 Å². The quantitative estimate of drug-likeness (QED) is 0.497. The summed E-state index contributed by atoms with van der Waals surface area (Å²) in [6, 6.07) is 26.8. The molecular weight excluding hydrogens is 342 g/mol. The number of rotatable bonds is 8. The first-order valence-electron chi connectivity index (χ1n) is 9.01. The fourth-order valence-corrected chi connectivity index (χ4v) is 3.14. The summed E-state index contributed by atoms with van der Waals surface area (Å²) in [4.78, 5) is 2.26. The molecule has 0 saturated heterocycles. The molecule has 0 heterocycles. The summed E-state index contributed by atoms with van der Waals surface area (Å²) >= 11 is 6.09. The van der Waals surface area contributed by atoms with Gasteiger partial charge in [0.15, 0.2) is 0 Å². The van der Waals surface area contributed by atoms with Gasteiger partial charge in [0.05, 0.1) is 6.54 Å². The van der Waals surface area contributed by atoms with Crippen molar-refractivity contribution in [2.45, 2.75) is 13.3 Å². The second-order valence-corrected chi connectivity index (χ2v) is 6.65. The Hall–Kier alpha value is -2.45. The van der Waals surface area contributed by atoms with Crippen LogP contribution in [0.4, 0.5) is 5.69 Å². The molecule has 26 heavy (non-hydrogen) atoms. The van der Waals surface area contributed by atoms with E-state index in [1.54, 1.807) is 0 Å². The molecule has 3 aromatic carbocycles. The number of anilines is 1. The molecule has 0 aliphatic heterocycles. The lowest BCUT2D eigenvalue weighted by molar-refractivity contribution is 0.324. The average Bonchev–Trinajstić information content (AvgIpc) is 2.67. The van der Waals surface area contributed by atoms with E-state index in [0.717, 1.165) is 36.0 Å². The van der Waals surface area contributed by atoms with Crippen molar-refractivity contribution in [3.05, 3.63) is 95.0 Å². The van der Waals surface area contributed by atoms with Gasteiger partial charge in [-0.25, -0.2) is 0 Å². The highest BCUT2D eigenvalue weighted by atomic mass is 35.5. The van der Waals surface area contributed by atoms with E-state index in [2.05, 4.69) is 54.3 Å². The molecule has 0 radical (unpaired) electrons. The maximum atomic E-state index is 6.09. The Balaban J connectivity index is 1.51. The van der Waals surface area contributed by atoms with E-state index in [0.29, 0.717) is 6.61 Å². The monoisotopic (exact) mass is 365 g/mol. The van der Waals surface area contributed by atoms with Crippen LogP contribution in [0.2, 0.25) is 5.02 Å². The zero-order chi connectivity index (χ0) is 18.2. The molecule has 0 bridgehead atoms. The molecule has 0 atom stereocenters. The smallest absolute Gasteiger partial charge is 0.119 e. The molecule has 3 rings (SSSR count). The molecule has 2 nitrogen and oxygen atoms in total. The lowest BCUT2D eigenvalue weighted by Gasteiger charge is -2.23. The van der Waals surface area contributed by atoms with Gasteiger partial charge in [-0.2, -0.15) is 0 Å². The Kier molecular flexibility index (Phi) is 6.56. The molecule has 3 heteroatoms. The number of likely N-dealkylation sites (N-methyl/N-ethyl adjacent to an activating group) is 1. The van der Waals surface area contributed by atoms with Crippen LogP contribution in [0.3, 0.4) is 0 Å². The van der Waals surface area contributed by atoms with Gasteiger partial charge >= 0.3 is 0 Å². The summed E-state index contributed by atoms with van der Waals surface area (Å²) < 4.78 is 5.92. The van der Waals surface area contributed by atoms with Crippen molar-refractivity contribution in [2.24, 2.45) is 0 Å². The minimum absolute atomic E-state index is 0.637. The molecule has 134 valence electrons. The van der Waals surface area contributed by atoms with Crippen molar-refractivity contribution in [1.82, 2.24) is 0 Å². The van der Waals surface area contributed by atoms with E-state index in [4.69, 9.17) is 16.3 Å². The molecule has 0 fully saturated rings. The molecule has 0 saturated carbocycles. The van der Waals surface area contributed by atoms with Gasteiger partial charge in [-0.15, -0.1) is 0 Å². The van der Waals surface area contributed by atoms with Gasteiger partial charge in [0.2, 0.25) is 0 Å². The van der Waals surface area contributed by atoms with Crippen molar-refractivity contribution >= 4 is 17.3 Å². The fraction of sp³-hybridized carbons (Fsp3) is 0.217. The van der Waals surface area contributed by atoms with Gasteiger partial charge in [-0.1, -0.05) is 60.1 Å². The van der Waals surface area contributed by atoms with E-state index in [9.17, 15) is 0 Å². The number of hydrogen-bond acceptors (Lipinski definition) is 2. The van der Waals surface area contributed by atoms with Gasteiger partial charge in [0.25, 0.3) is 0 Å². The first-order valence-corrected chi connectivity index (χ1v) is 9.38. The summed E-state index contributed by atoms with van der Waals surface area (Å²) in [5.74, 6) is 0.906. The standard InChI is InChI=1S/C23H24ClNO/c1-2-25(22-10-6-9-21(24)18-22)15-16-26-23-13-11-20(12-14-23)17-19-7-4-3-5-8-19/h3-14,18H,2,15-17H2,1H3. The zero-order valence-electron chi connectivity index (χ0n) is 15.1. The Morgan fingerprint density at radius 3 is 2.27 bits per heavy atom. The van der Waals surface area contributed by atoms with Gasteiger partial charge in [0.1, 0.15) is 12.4 Å². The van der Waals surface area contributed by atoms with Crippen molar-refractivity contribution < 1.29 is 4.74 Å². The van der Waals surface area contributed by atoms with E-state index >= 15 is 0 Å². The lowest BCUT2D eigenvalue weighted by atomic mass is 10.1. The van der Waals surface area contributed by atoms with Gasteiger partial charge in [-0.05, 0) is 54.8 Å². The van der Waals surface area contributed by atoms with Gasteiger partial charge in [-0.3, -0.25) is 0 Å². The maximum Gasteiger partial charge on any atom is 0.119 e. The van der Waals surface area contributed by atoms with Crippen LogP contribution in [0.25, 0.3) is 0 Å². The van der Waals surface area contributed by atoms with Crippen molar-refractivity contribution in [1.29, 1.82) is 0 Å². The largest absolute Gasteiger partial charge is 0.492 e. The average molecular weight is 366 g/mol. The topological polar surface area (TPSA) is 12.5 Å². The molecule has 0 amide bonds. The third-order valence-corrected chi connectivity index (χ3v) is 4.59. The van der Waals surface area contributed by atoms with Crippen LogP contribution < -0.4 is 9.64 Å². The highest BCUT2D eigenvalue weighted by Gasteiger charge is 2.05. The predicted molar refractivity (Wildman–Crippen MR) is 111 cm³/mol. The summed E-state index contributed by atoms with van der Waals surface area (Å²) in [6.45, 7) is 4.51. The third-order valence-electron chi connectivity index (χ3n) is 4.36. The zero-order valence-corrected chi connectivity index (χ0v) is 15.8. The second kappa shape index (κ2) is 9.30. The van der Waals surface area contributed by atoms with Crippen molar-refractivity contribution in [3.63, 3.8) is 0 Å². The van der Waals surface area contributed by atoms with Crippen molar-refractivity contribution in [2.75, 3.05) is 24.6 Å². The lowest BCUT2D eigenvalue weighted by Crippen LogP contribution is -2.28. The number of halogens is 1. The molecule has 0 aromatic heterocycles. The summed E-state index contributed by atoms with van der Waals surface area (Å²) in [5.41, 5.74) is 3.74. The molecule has 0 unspecified atom stereocenters. The first-order chi connectivity index (χ1) is 12.7. The Morgan fingerprint density at radius 2 is 1.58 bits per heavy atom. The van der Waals surface area contributed by atoms with E-state index in [1.165, 1.54) is 11.1 Å². The molecule has 0 aliphatic carbocycles. The van der Waals surface area contributed by atoms with Crippen LogP contribution in [0.1, 0.15) is 18.1 Å². The number of nitrogens with zero attached hydrogens (tertiary/aromatic N) is 1. The van der Waals surface area contributed by atoms with Crippen LogP contribution in [0.5, 0.6) is 5.75 Å². The molecule has 0 spiro atoms.